The summed E-state index contributed by atoms with van der Waals surface area (Å²) in [4.78, 5) is 7.22. The minimum absolute atomic E-state index is 0. The number of nitrogens with zero attached hydrogens (tertiary/aromatic N) is 2. The molecule has 0 spiro atoms. The Morgan fingerprint density at radius 1 is 1.32 bits per heavy atom. The van der Waals surface area contributed by atoms with E-state index >= 15 is 0 Å². The molecule has 0 aliphatic carbocycles. The Bertz CT molecular complexity index is 416. The molecule has 1 aliphatic heterocycles. The maximum Gasteiger partial charge on any atom is 0.191 e. The topological polar surface area (TPSA) is 52.8 Å². The number of hydrogen-bond acceptors (Lipinski definition) is 3. The molecule has 1 saturated heterocycles. The van der Waals surface area contributed by atoms with E-state index in [1.165, 1.54) is 12.8 Å². The molecule has 2 N–H and O–H groups in total. The first-order valence-corrected chi connectivity index (χ1v) is 8.14. The van der Waals surface area contributed by atoms with E-state index in [4.69, 9.17) is 9.41 Å². The highest BCUT2D eigenvalue weighted by atomic mass is 127. The third-order valence-electron chi connectivity index (χ3n) is 3.76. The molecule has 2 heterocycles. The van der Waals surface area contributed by atoms with E-state index in [2.05, 4.69) is 35.4 Å². The first-order chi connectivity index (χ1) is 10.3. The number of nitrogens with one attached hydrogen (secondary N) is 2. The van der Waals surface area contributed by atoms with Crippen LogP contribution < -0.4 is 10.6 Å². The summed E-state index contributed by atoms with van der Waals surface area (Å²) in [6.07, 6.45) is 5.39. The van der Waals surface area contributed by atoms with E-state index in [1.807, 2.05) is 6.07 Å². The number of furan rings is 1. The van der Waals surface area contributed by atoms with Gasteiger partial charge in [0.1, 0.15) is 5.76 Å². The molecular formula is C16H29IN4O. The Morgan fingerprint density at radius 3 is 2.68 bits per heavy atom. The van der Waals surface area contributed by atoms with Crippen LogP contribution in [-0.4, -0.2) is 43.6 Å². The molecule has 1 fully saturated rings. The minimum Gasteiger partial charge on any atom is -0.468 e. The van der Waals surface area contributed by atoms with Crippen molar-refractivity contribution in [2.75, 3.05) is 32.7 Å². The zero-order chi connectivity index (χ0) is 14.9. The van der Waals surface area contributed by atoms with Crippen LogP contribution in [0.5, 0.6) is 0 Å². The molecule has 22 heavy (non-hydrogen) atoms. The molecule has 6 heteroatoms. The average Bonchev–Trinajstić information content (AvgIpc) is 3.18. The standard InChI is InChI=1S/C16H28N4O.HI/c1-3-9-18-16(17-4-2)19-13-14(15-8-7-12-21-15)20-10-5-6-11-20;/h7-8,12,14H,3-6,9-11,13H2,1-2H3,(H2,17,18,19);1H. The largest absolute Gasteiger partial charge is 0.468 e. The zero-order valence-corrected chi connectivity index (χ0v) is 16.0. The molecule has 5 nitrogen and oxygen atoms in total. The van der Waals surface area contributed by atoms with Crippen LogP contribution in [0.25, 0.3) is 0 Å². The van der Waals surface area contributed by atoms with Gasteiger partial charge in [-0.1, -0.05) is 6.92 Å². The van der Waals surface area contributed by atoms with E-state index in [1.54, 1.807) is 6.26 Å². The lowest BCUT2D eigenvalue weighted by Gasteiger charge is -2.24. The van der Waals surface area contributed by atoms with Gasteiger partial charge in [0.25, 0.3) is 0 Å². The maximum absolute atomic E-state index is 5.63. The van der Waals surface area contributed by atoms with Gasteiger partial charge in [-0.05, 0) is 51.4 Å². The molecule has 1 unspecified atom stereocenters. The van der Waals surface area contributed by atoms with Crippen LogP contribution in [0.1, 0.15) is 44.9 Å². The fraction of sp³-hybridized carbons (Fsp3) is 0.688. The normalized spacial score (nSPS) is 17.1. The van der Waals surface area contributed by atoms with E-state index in [0.717, 1.165) is 50.9 Å². The quantitative estimate of drug-likeness (QED) is 0.405. The molecule has 1 atom stereocenters. The van der Waals surface area contributed by atoms with E-state index < -0.39 is 0 Å². The smallest absolute Gasteiger partial charge is 0.191 e. The summed E-state index contributed by atoms with van der Waals surface area (Å²) in [7, 11) is 0. The Kier molecular flexibility index (Phi) is 9.54. The summed E-state index contributed by atoms with van der Waals surface area (Å²) in [5.74, 6) is 1.92. The number of aliphatic imine (C=N–C) groups is 1. The van der Waals surface area contributed by atoms with Gasteiger partial charge < -0.3 is 15.1 Å². The molecule has 126 valence electrons. The average molecular weight is 420 g/mol. The first kappa shape index (κ1) is 19.3. The lowest BCUT2D eigenvalue weighted by atomic mass is 10.2. The van der Waals surface area contributed by atoms with Crippen LogP contribution in [0.3, 0.4) is 0 Å². The second kappa shape index (κ2) is 10.9. The van der Waals surface area contributed by atoms with Crippen molar-refractivity contribution in [2.24, 2.45) is 4.99 Å². The highest BCUT2D eigenvalue weighted by Gasteiger charge is 2.25. The summed E-state index contributed by atoms with van der Waals surface area (Å²) in [5, 5.41) is 6.65. The number of halogens is 1. The zero-order valence-electron chi connectivity index (χ0n) is 13.7. The van der Waals surface area contributed by atoms with Crippen molar-refractivity contribution >= 4 is 29.9 Å². The predicted octanol–water partition coefficient (Wildman–Crippen LogP) is 3.00. The van der Waals surface area contributed by atoms with Crippen LogP contribution in [-0.2, 0) is 0 Å². The van der Waals surface area contributed by atoms with Crippen LogP contribution in [0.2, 0.25) is 0 Å². The molecule has 1 aliphatic rings. The van der Waals surface area contributed by atoms with E-state index in [9.17, 15) is 0 Å². The summed E-state index contributed by atoms with van der Waals surface area (Å²) < 4.78 is 5.63. The third kappa shape index (κ3) is 5.79. The van der Waals surface area contributed by atoms with Gasteiger partial charge >= 0.3 is 0 Å². The molecular weight excluding hydrogens is 391 g/mol. The molecule has 0 amide bonds. The second-order valence-electron chi connectivity index (χ2n) is 5.42. The van der Waals surface area contributed by atoms with Gasteiger partial charge in [0.2, 0.25) is 0 Å². The van der Waals surface area contributed by atoms with Crippen LogP contribution in [0, 0.1) is 0 Å². The summed E-state index contributed by atoms with van der Waals surface area (Å²) in [6, 6.07) is 4.27. The second-order valence-corrected chi connectivity index (χ2v) is 5.42. The minimum atomic E-state index is 0. The Balaban J connectivity index is 0.00000242. The number of rotatable bonds is 7. The van der Waals surface area contributed by atoms with Gasteiger partial charge in [-0.25, -0.2) is 0 Å². The molecule has 0 bridgehead atoms. The molecule has 0 aromatic carbocycles. The molecule has 0 saturated carbocycles. The molecule has 2 rings (SSSR count). The number of likely N-dealkylation sites (tertiary alicyclic amines) is 1. The van der Waals surface area contributed by atoms with Crippen molar-refractivity contribution in [3.8, 4) is 0 Å². The Labute approximate surface area is 150 Å². The van der Waals surface area contributed by atoms with Crippen LogP contribution in [0.4, 0.5) is 0 Å². The lowest BCUT2D eigenvalue weighted by Crippen LogP contribution is -2.38. The number of guanidine groups is 1. The van der Waals surface area contributed by atoms with Gasteiger partial charge in [0.05, 0.1) is 18.8 Å². The van der Waals surface area contributed by atoms with Crippen molar-refractivity contribution in [1.82, 2.24) is 15.5 Å². The van der Waals surface area contributed by atoms with Crippen LogP contribution >= 0.6 is 24.0 Å². The molecule has 1 aromatic rings. The molecule has 1 aromatic heterocycles. The van der Waals surface area contributed by atoms with Crippen molar-refractivity contribution < 1.29 is 4.42 Å². The fourth-order valence-electron chi connectivity index (χ4n) is 2.68. The van der Waals surface area contributed by atoms with Crippen molar-refractivity contribution in [3.63, 3.8) is 0 Å². The van der Waals surface area contributed by atoms with Crippen molar-refractivity contribution in [3.05, 3.63) is 24.2 Å². The predicted molar refractivity (Wildman–Crippen MR) is 102 cm³/mol. The monoisotopic (exact) mass is 420 g/mol. The first-order valence-electron chi connectivity index (χ1n) is 8.14. The number of hydrogen-bond donors (Lipinski definition) is 2. The van der Waals surface area contributed by atoms with Gasteiger partial charge in [-0.3, -0.25) is 9.89 Å². The summed E-state index contributed by atoms with van der Waals surface area (Å²) in [6.45, 7) is 9.08. The Morgan fingerprint density at radius 2 is 2.09 bits per heavy atom. The van der Waals surface area contributed by atoms with Gasteiger partial charge in [0, 0.05) is 13.1 Å². The fourth-order valence-corrected chi connectivity index (χ4v) is 2.68. The van der Waals surface area contributed by atoms with Crippen molar-refractivity contribution in [1.29, 1.82) is 0 Å². The third-order valence-corrected chi connectivity index (χ3v) is 3.76. The Hall–Kier alpha value is -0.760. The van der Waals surface area contributed by atoms with E-state index in [-0.39, 0.29) is 30.0 Å². The lowest BCUT2D eigenvalue weighted by molar-refractivity contribution is 0.221. The summed E-state index contributed by atoms with van der Waals surface area (Å²) in [5.41, 5.74) is 0. The van der Waals surface area contributed by atoms with Gasteiger partial charge in [0.15, 0.2) is 5.96 Å². The highest BCUT2D eigenvalue weighted by Crippen LogP contribution is 2.25. The van der Waals surface area contributed by atoms with Gasteiger partial charge in [-0.2, -0.15) is 0 Å². The SMILES string of the molecule is CCCNC(=NCC(c1ccco1)N1CCCC1)NCC.I. The van der Waals surface area contributed by atoms with Crippen molar-refractivity contribution in [2.45, 2.75) is 39.2 Å². The highest BCUT2D eigenvalue weighted by molar-refractivity contribution is 14.0. The van der Waals surface area contributed by atoms with Crippen LogP contribution in [0.15, 0.2) is 27.8 Å². The molecule has 0 radical (unpaired) electrons. The summed E-state index contributed by atoms with van der Waals surface area (Å²) >= 11 is 0. The van der Waals surface area contributed by atoms with E-state index in [0.29, 0.717) is 0 Å². The van der Waals surface area contributed by atoms with Gasteiger partial charge in [-0.15, -0.1) is 24.0 Å². The maximum atomic E-state index is 5.63.